The number of nitrogens with one attached hydrogen (secondary N) is 1. The molecule has 0 saturated carbocycles. The van der Waals surface area contributed by atoms with Gasteiger partial charge in [0.15, 0.2) is 5.69 Å². The molecule has 3 heterocycles. The standard InChI is InChI=1S/C26H30N6O5S/c1-2-36-18-9-7-17(8-10-18)22(25(34)30-14-19-6-4-12-37-19)32(15-16-5-3-11-29-13-16)26(35)23-20(27)21(24(28)33)31-38-23/h3,5,7-11,13,19,22H,2,4,6,12,14-15,27H2,1H3,(H2,28,33)(H,30,34)/t19-,22+/m0/s1. The van der Waals surface area contributed by atoms with Crippen LogP contribution in [0, 0.1) is 0 Å². The Morgan fingerprint density at radius 1 is 1.26 bits per heavy atom. The number of anilines is 1. The molecule has 12 heteroatoms. The number of ether oxygens (including phenoxy) is 2. The van der Waals surface area contributed by atoms with Gasteiger partial charge in [-0.1, -0.05) is 18.2 Å². The Kier molecular flexibility index (Phi) is 8.87. The molecular weight excluding hydrogens is 508 g/mol. The molecule has 3 aromatic rings. The van der Waals surface area contributed by atoms with Gasteiger partial charge in [-0.05, 0) is 60.6 Å². The van der Waals surface area contributed by atoms with E-state index in [1.807, 2.05) is 6.92 Å². The van der Waals surface area contributed by atoms with Crippen LogP contribution in [0.1, 0.15) is 57.1 Å². The molecule has 0 unspecified atom stereocenters. The van der Waals surface area contributed by atoms with Crippen molar-refractivity contribution in [2.75, 3.05) is 25.5 Å². The van der Waals surface area contributed by atoms with Crippen molar-refractivity contribution in [1.29, 1.82) is 0 Å². The number of hydrogen-bond acceptors (Lipinski definition) is 9. The van der Waals surface area contributed by atoms with Gasteiger partial charge in [-0.15, -0.1) is 0 Å². The van der Waals surface area contributed by atoms with Gasteiger partial charge >= 0.3 is 0 Å². The van der Waals surface area contributed by atoms with E-state index >= 15 is 0 Å². The maximum Gasteiger partial charge on any atom is 0.270 e. The Morgan fingerprint density at radius 3 is 2.66 bits per heavy atom. The summed E-state index contributed by atoms with van der Waals surface area (Å²) in [5.74, 6) is -1.16. The Labute approximate surface area is 224 Å². The van der Waals surface area contributed by atoms with E-state index in [2.05, 4.69) is 14.7 Å². The molecule has 2 aromatic heterocycles. The van der Waals surface area contributed by atoms with Crippen LogP contribution < -0.4 is 21.5 Å². The van der Waals surface area contributed by atoms with Crippen LogP contribution in [0.4, 0.5) is 5.69 Å². The Bertz CT molecular complexity index is 1260. The molecular formula is C26H30N6O5S. The summed E-state index contributed by atoms with van der Waals surface area (Å²) in [4.78, 5) is 45.0. The molecule has 0 aliphatic carbocycles. The van der Waals surface area contributed by atoms with Crippen LogP contribution in [0.25, 0.3) is 0 Å². The minimum Gasteiger partial charge on any atom is -0.494 e. The van der Waals surface area contributed by atoms with E-state index < -0.39 is 17.9 Å². The summed E-state index contributed by atoms with van der Waals surface area (Å²) in [5, 5.41) is 2.95. The van der Waals surface area contributed by atoms with E-state index in [0.29, 0.717) is 36.6 Å². The Balaban J connectivity index is 1.74. The molecule has 200 valence electrons. The molecule has 1 saturated heterocycles. The Morgan fingerprint density at radius 2 is 2.05 bits per heavy atom. The first-order valence-corrected chi connectivity index (χ1v) is 13.0. The fraction of sp³-hybridized carbons (Fsp3) is 0.346. The zero-order chi connectivity index (χ0) is 27.1. The summed E-state index contributed by atoms with van der Waals surface area (Å²) in [6.45, 7) is 3.38. The number of benzene rings is 1. The average Bonchev–Trinajstić information content (AvgIpc) is 3.58. The molecule has 1 aliphatic rings. The molecule has 0 spiro atoms. The van der Waals surface area contributed by atoms with Crippen molar-refractivity contribution in [1.82, 2.24) is 19.6 Å². The number of hydrogen-bond donors (Lipinski definition) is 3. The van der Waals surface area contributed by atoms with Gasteiger partial charge in [0.1, 0.15) is 16.7 Å². The van der Waals surface area contributed by atoms with Crippen LogP contribution in [-0.2, 0) is 16.1 Å². The monoisotopic (exact) mass is 538 g/mol. The van der Waals surface area contributed by atoms with E-state index in [4.69, 9.17) is 20.9 Å². The molecule has 1 aromatic carbocycles. The number of aromatic nitrogens is 2. The van der Waals surface area contributed by atoms with Crippen molar-refractivity contribution in [3.8, 4) is 5.75 Å². The lowest BCUT2D eigenvalue weighted by Gasteiger charge is -2.31. The normalized spacial score (nSPS) is 15.6. The van der Waals surface area contributed by atoms with Crippen LogP contribution in [-0.4, -0.2) is 57.8 Å². The Hall–Kier alpha value is -4.03. The van der Waals surface area contributed by atoms with Crippen molar-refractivity contribution in [3.05, 3.63) is 70.5 Å². The maximum atomic E-state index is 14.0. The first-order chi connectivity index (χ1) is 18.4. The summed E-state index contributed by atoms with van der Waals surface area (Å²) in [5.41, 5.74) is 12.4. The number of pyridine rings is 1. The number of nitrogen functional groups attached to an aromatic ring is 1. The summed E-state index contributed by atoms with van der Waals surface area (Å²) >= 11 is 0.764. The van der Waals surface area contributed by atoms with Gasteiger partial charge < -0.3 is 31.2 Å². The lowest BCUT2D eigenvalue weighted by atomic mass is 10.0. The van der Waals surface area contributed by atoms with Crippen LogP contribution in [0.2, 0.25) is 0 Å². The smallest absolute Gasteiger partial charge is 0.270 e. The van der Waals surface area contributed by atoms with Crippen LogP contribution in [0.5, 0.6) is 5.75 Å². The van der Waals surface area contributed by atoms with Crippen molar-refractivity contribution in [3.63, 3.8) is 0 Å². The van der Waals surface area contributed by atoms with E-state index in [0.717, 1.165) is 24.4 Å². The molecule has 2 atom stereocenters. The summed E-state index contributed by atoms with van der Waals surface area (Å²) in [7, 11) is 0. The summed E-state index contributed by atoms with van der Waals surface area (Å²) in [6.07, 6.45) is 4.93. The maximum absolute atomic E-state index is 14.0. The molecule has 5 N–H and O–H groups in total. The van der Waals surface area contributed by atoms with Crippen molar-refractivity contribution in [2.45, 2.75) is 38.5 Å². The SMILES string of the molecule is CCOc1ccc([C@H](C(=O)NC[C@@H]2CCCO2)N(Cc2cccnc2)C(=O)c2snc(C(N)=O)c2N)cc1. The highest BCUT2D eigenvalue weighted by atomic mass is 32.1. The number of carbonyl (C=O) groups is 3. The topological polar surface area (TPSA) is 163 Å². The highest BCUT2D eigenvalue weighted by Crippen LogP contribution is 2.31. The quantitative estimate of drug-likeness (QED) is 0.335. The van der Waals surface area contributed by atoms with Gasteiger partial charge in [-0.25, -0.2) is 0 Å². The summed E-state index contributed by atoms with van der Waals surface area (Å²) in [6, 6.07) is 9.49. The molecule has 4 rings (SSSR count). The lowest BCUT2D eigenvalue weighted by Crippen LogP contribution is -2.45. The van der Waals surface area contributed by atoms with Gasteiger partial charge in [0.2, 0.25) is 5.91 Å². The first kappa shape index (κ1) is 27.0. The number of amides is 3. The van der Waals surface area contributed by atoms with E-state index in [1.165, 1.54) is 4.90 Å². The number of rotatable bonds is 11. The predicted octanol–water partition coefficient (Wildman–Crippen LogP) is 2.30. The highest BCUT2D eigenvalue weighted by Gasteiger charge is 2.35. The summed E-state index contributed by atoms with van der Waals surface area (Å²) < 4.78 is 15.2. The third-order valence-corrected chi connectivity index (χ3v) is 6.94. The van der Waals surface area contributed by atoms with Crippen LogP contribution >= 0.6 is 11.5 Å². The van der Waals surface area contributed by atoms with E-state index in [9.17, 15) is 14.4 Å². The fourth-order valence-corrected chi connectivity index (χ4v) is 4.99. The minimum absolute atomic E-state index is 0.0190. The molecule has 38 heavy (non-hydrogen) atoms. The van der Waals surface area contributed by atoms with Crippen molar-refractivity contribution in [2.24, 2.45) is 5.73 Å². The molecule has 11 nitrogen and oxygen atoms in total. The average molecular weight is 539 g/mol. The fourth-order valence-electron chi connectivity index (χ4n) is 4.23. The number of carbonyl (C=O) groups excluding carboxylic acids is 3. The second-order valence-corrected chi connectivity index (χ2v) is 9.49. The second-order valence-electron chi connectivity index (χ2n) is 8.72. The van der Waals surface area contributed by atoms with Crippen molar-refractivity contribution >= 4 is 34.9 Å². The molecule has 0 radical (unpaired) electrons. The molecule has 3 amide bonds. The number of primary amides is 1. The minimum atomic E-state index is -1.04. The zero-order valence-electron chi connectivity index (χ0n) is 21.0. The lowest BCUT2D eigenvalue weighted by molar-refractivity contribution is -0.126. The molecule has 1 aliphatic heterocycles. The zero-order valence-corrected chi connectivity index (χ0v) is 21.8. The van der Waals surface area contributed by atoms with Crippen LogP contribution in [0.15, 0.2) is 48.8 Å². The van der Waals surface area contributed by atoms with Gasteiger partial charge in [-0.2, -0.15) is 4.37 Å². The third-order valence-electron chi connectivity index (χ3n) is 6.09. The first-order valence-electron chi connectivity index (χ1n) is 12.3. The predicted molar refractivity (Wildman–Crippen MR) is 141 cm³/mol. The van der Waals surface area contributed by atoms with Crippen LogP contribution in [0.3, 0.4) is 0 Å². The molecule has 0 bridgehead atoms. The van der Waals surface area contributed by atoms with E-state index in [1.54, 1.807) is 48.8 Å². The second kappa shape index (κ2) is 12.5. The highest BCUT2D eigenvalue weighted by molar-refractivity contribution is 7.09. The van der Waals surface area contributed by atoms with Gasteiger partial charge in [0.25, 0.3) is 11.8 Å². The molecule has 1 fully saturated rings. The van der Waals surface area contributed by atoms with Gasteiger partial charge in [0.05, 0.1) is 18.4 Å². The van der Waals surface area contributed by atoms with Gasteiger partial charge in [-0.3, -0.25) is 19.4 Å². The number of nitrogens with zero attached hydrogens (tertiary/aromatic N) is 3. The number of nitrogens with two attached hydrogens (primary N) is 2. The third kappa shape index (κ3) is 6.26. The van der Waals surface area contributed by atoms with Gasteiger partial charge in [0, 0.05) is 32.1 Å². The van der Waals surface area contributed by atoms with E-state index in [-0.39, 0.29) is 34.8 Å². The van der Waals surface area contributed by atoms with Crippen molar-refractivity contribution < 1.29 is 23.9 Å². The largest absolute Gasteiger partial charge is 0.494 e.